The number of nitrogens with zero attached hydrogens (tertiary/aromatic N) is 4. The molecule has 9 nitrogen and oxygen atoms in total. The molecule has 3 aromatic rings. The normalized spacial score (nSPS) is 11.3. The molecular weight excluding hydrogens is 350 g/mol. The average Bonchev–Trinajstić information content (AvgIpc) is 2.83. The van der Waals surface area contributed by atoms with Crippen LogP contribution in [0, 0.1) is 24.1 Å². The number of halogens is 1. The first kappa shape index (κ1) is 19.0. The lowest BCUT2D eigenvalue weighted by Crippen LogP contribution is -2.68. The van der Waals surface area contributed by atoms with Gasteiger partial charge in [0.15, 0.2) is 0 Å². The van der Waals surface area contributed by atoms with Crippen LogP contribution in [0.25, 0.3) is 11.5 Å². The van der Waals surface area contributed by atoms with Gasteiger partial charge in [-0.05, 0) is 37.4 Å². The summed E-state index contributed by atoms with van der Waals surface area (Å²) < 4.78 is 37.9. The molecule has 0 atom stereocenters. The van der Waals surface area contributed by atoms with E-state index in [9.17, 15) is 0 Å². The van der Waals surface area contributed by atoms with Crippen LogP contribution in [-0.2, 0) is 6.42 Å². The second-order valence-corrected chi connectivity index (χ2v) is 5.98. The summed E-state index contributed by atoms with van der Waals surface area (Å²) in [6.45, 7) is 6.24. The Morgan fingerprint density at radius 1 is 1.08 bits per heavy atom. The molecule has 2 aromatic heterocycles. The number of aromatic nitrogens is 4. The van der Waals surface area contributed by atoms with Crippen LogP contribution in [0.5, 0.6) is 0 Å². The maximum Gasteiger partial charge on any atom is 0.459 e. The molecule has 0 amide bonds. The predicted molar refractivity (Wildman–Crippen MR) is 77.8 cm³/mol. The number of anilines is 1. The van der Waals surface area contributed by atoms with Crippen molar-refractivity contribution in [1.82, 2.24) is 14.6 Å². The van der Waals surface area contributed by atoms with Crippen LogP contribution >= 0.6 is 0 Å². The van der Waals surface area contributed by atoms with Gasteiger partial charge in [0.2, 0.25) is 0 Å². The maximum atomic E-state index is 8.49. The molecule has 0 aliphatic rings. The van der Waals surface area contributed by atoms with Crippen molar-refractivity contribution in [2.45, 2.75) is 27.2 Å². The highest BCUT2D eigenvalue weighted by atomic mass is 35.7. The first-order valence-corrected chi connectivity index (χ1v) is 8.60. The summed E-state index contributed by atoms with van der Waals surface area (Å²) in [6.07, 6.45) is 0.938. The molecule has 134 valence electrons. The van der Waals surface area contributed by atoms with E-state index in [1.807, 2.05) is 46.5 Å². The highest BCUT2D eigenvalue weighted by Crippen LogP contribution is 2.14. The molecule has 3 rings (SSSR count). The molecule has 10 heteroatoms. The van der Waals surface area contributed by atoms with Crippen molar-refractivity contribution in [2.24, 2.45) is 0 Å². The molecule has 0 bridgehead atoms. The number of hydrogen-bond acceptors (Lipinski definition) is 7. The highest BCUT2D eigenvalue weighted by Gasteiger charge is 2.24. The van der Waals surface area contributed by atoms with Gasteiger partial charge < -0.3 is 5.73 Å². The van der Waals surface area contributed by atoms with Gasteiger partial charge in [-0.1, -0.05) is 30.1 Å². The van der Waals surface area contributed by atoms with Crippen LogP contribution in [0.4, 0.5) is 5.95 Å². The summed E-state index contributed by atoms with van der Waals surface area (Å²) in [5.41, 5.74) is 10.4. The molecule has 0 spiro atoms. The third-order valence-electron chi connectivity index (χ3n) is 3.63. The number of benzene rings is 1. The molecule has 2 heterocycles. The van der Waals surface area contributed by atoms with E-state index in [2.05, 4.69) is 23.8 Å². The predicted octanol–water partition coefficient (Wildman–Crippen LogP) is -2.99. The molecule has 2 N–H and O–H groups in total. The summed E-state index contributed by atoms with van der Waals surface area (Å²) in [6, 6.07) is 9.97. The van der Waals surface area contributed by atoms with E-state index in [4.69, 9.17) is 24.4 Å². The zero-order chi connectivity index (χ0) is 18.8. The second kappa shape index (κ2) is 7.30. The molecule has 0 radical (unpaired) electrons. The standard InChI is InChI=1S/C15H17N5.ClHO4/c1-4-13-10(2)17-15-18-14(16)20(19(15)11(13)3)12-8-6-5-7-9-12;2-1(3,4)5/h5-9,16H,4H2,1-3H3;(H,2,3,4,5). The summed E-state index contributed by atoms with van der Waals surface area (Å²) in [5, 5.41) is 0. The van der Waals surface area contributed by atoms with Crippen LogP contribution in [0.2, 0.25) is 0 Å². The molecule has 0 saturated carbocycles. The number of para-hydroxylation sites is 1. The maximum absolute atomic E-state index is 8.49. The molecule has 0 aliphatic heterocycles. The number of fused-ring (bicyclic) bond motifs is 1. The van der Waals surface area contributed by atoms with E-state index >= 15 is 0 Å². The number of nitrogens with two attached hydrogens (primary N) is 1. The fourth-order valence-electron chi connectivity index (χ4n) is 2.70. The number of rotatable bonds is 2. The minimum Gasteiger partial charge on any atom is -0.353 e. The van der Waals surface area contributed by atoms with Gasteiger partial charge in [0.1, 0.15) is 11.4 Å². The van der Waals surface area contributed by atoms with E-state index in [0.29, 0.717) is 11.7 Å². The zero-order valence-corrected chi connectivity index (χ0v) is 14.7. The van der Waals surface area contributed by atoms with E-state index in [1.165, 1.54) is 5.56 Å². The Morgan fingerprint density at radius 3 is 2.16 bits per heavy atom. The first-order chi connectivity index (χ1) is 11.6. The Kier molecular flexibility index (Phi) is 5.55. The smallest absolute Gasteiger partial charge is 0.353 e. The van der Waals surface area contributed by atoms with E-state index in [0.717, 1.165) is 23.5 Å². The molecule has 1 aromatic carbocycles. The molecule has 0 unspecified atom stereocenters. The summed E-state index contributed by atoms with van der Waals surface area (Å²) in [7, 11) is -4.94. The van der Waals surface area contributed by atoms with Crippen molar-refractivity contribution in [3.63, 3.8) is 0 Å². The van der Waals surface area contributed by atoms with E-state index in [-0.39, 0.29) is 0 Å². The van der Waals surface area contributed by atoms with Gasteiger partial charge in [0.25, 0.3) is 0 Å². The monoisotopic (exact) mass is 367 g/mol. The number of aryl methyl sites for hydroxylation is 2. The SMILES string of the molecule is CCc1c(C)nc2nc(N)n(-c3ccccc3)[n+]2c1C.[O-][Cl+3]([O-])([O-])[O-]. The number of nitrogen functional groups attached to an aromatic ring is 1. The van der Waals surface area contributed by atoms with Crippen molar-refractivity contribution >= 4 is 11.7 Å². The van der Waals surface area contributed by atoms with Crippen molar-refractivity contribution < 1.29 is 33.4 Å². The number of hydrogen-bond donors (Lipinski definition) is 1. The lowest BCUT2D eigenvalue weighted by atomic mass is 10.1. The van der Waals surface area contributed by atoms with Crippen LogP contribution in [0.1, 0.15) is 23.9 Å². The topological polar surface area (TPSA) is 153 Å². The average molecular weight is 368 g/mol. The Hall–Kier alpha value is -2.30. The summed E-state index contributed by atoms with van der Waals surface area (Å²) in [4.78, 5) is 8.94. The van der Waals surface area contributed by atoms with Gasteiger partial charge in [0.05, 0.1) is 5.69 Å². The molecule has 25 heavy (non-hydrogen) atoms. The quantitative estimate of drug-likeness (QED) is 0.474. The minimum absolute atomic E-state index is 0.444. The second-order valence-electron chi connectivity index (χ2n) is 5.22. The van der Waals surface area contributed by atoms with Crippen LogP contribution in [0.3, 0.4) is 0 Å². The Labute approximate surface area is 146 Å². The van der Waals surface area contributed by atoms with Crippen molar-refractivity contribution in [3.8, 4) is 5.69 Å². The lowest BCUT2D eigenvalue weighted by molar-refractivity contribution is -2.00. The highest BCUT2D eigenvalue weighted by molar-refractivity contribution is 5.40. The third-order valence-corrected chi connectivity index (χ3v) is 3.63. The molecule has 0 fully saturated rings. The lowest BCUT2D eigenvalue weighted by Gasteiger charge is -2.17. The summed E-state index contributed by atoms with van der Waals surface area (Å²) >= 11 is 0. The van der Waals surface area contributed by atoms with Gasteiger partial charge in [-0.15, -0.1) is 14.8 Å². The fraction of sp³-hybridized carbons (Fsp3) is 0.267. The Balaban J connectivity index is 0.000000399. The first-order valence-electron chi connectivity index (χ1n) is 7.37. The van der Waals surface area contributed by atoms with Gasteiger partial charge in [0, 0.05) is 5.56 Å². The Morgan fingerprint density at radius 2 is 1.64 bits per heavy atom. The van der Waals surface area contributed by atoms with Gasteiger partial charge in [-0.2, -0.15) is 4.68 Å². The largest absolute Gasteiger partial charge is 0.459 e. The molecular formula is C15H18ClN5O4. The van der Waals surface area contributed by atoms with Crippen molar-refractivity contribution in [3.05, 3.63) is 47.3 Å². The van der Waals surface area contributed by atoms with E-state index < -0.39 is 10.2 Å². The van der Waals surface area contributed by atoms with Crippen LogP contribution < -0.4 is 28.9 Å². The zero-order valence-electron chi connectivity index (χ0n) is 14.0. The molecule has 0 aliphatic carbocycles. The van der Waals surface area contributed by atoms with Crippen molar-refractivity contribution in [1.29, 1.82) is 0 Å². The molecule has 0 saturated heterocycles. The summed E-state index contributed by atoms with van der Waals surface area (Å²) in [5.74, 6) is 1.08. The third kappa shape index (κ3) is 4.41. The minimum atomic E-state index is -4.94. The van der Waals surface area contributed by atoms with Gasteiger partial charge in [-0.3, -0.25) is 0 Å². The van der Waals surface area contributed by atoms with Crippen molar-refractivity contribution in [2.75, 3.05) is 5.73 Å². The van der Waals surface area contributed by atoms with Crippen LogP contribution in [0.15, 0.2) is 30.3 Å². The Bertz CT molecular complexity index is 871. The fourth-order valence-corrected chi connectivity index (χ4v) is 2.70. The van der Waals surface area contributed by atoms with E-state index in [1.54, 1.807) is 0 Å². The van der Waals surface area contributed by atoms with Gasteiger partial charge in [-0.25, -0.2) is 18.6 Å². The van der Waals surface area contributed by atoms with Gasteiger partial charge >= 0.3 is 11.7 Å². The van der Waals surface area contributed by atoms with Crippen LogP contribution in [-0.4, -0.2) is 14.6 Å².